The highest BCUT2D eigenvalue weighted by molar-refractivity contribution is 5.68. The van der Waals surface area contributed by atoms with Crippen LogP contribution in [0.5, 0.6) is 5.75 Å². The number of rotatable bonds is 5. The number of nitrogens with zero attached hydrogens (tertiary/aromatic N) is 1. The van der Waals surface area contributed by atoms with E-state index in [1.54, 1.807) is 0 Å². The summed E-state index contributed by atoms with van der Waals surface area (Å²) in [6, 6.07) is 17.1. The number of piperazine rings is 1. The molecule has 3 nitrogen and oxygen atoms in total. The fraction of sp³-hybridized carbons (Fsp3) is 0.368. The van der Waals surface area contributed by atoms with E-state index < -0.39 is 0 Å². The molecule has 0 aromatic heterocycles. The Morgan fingerprint density at radius 1 is 1.05 bits per heavy atom. The van der Waals surface area contributed by atoms with Crippen LogP contribution in [-0.2, 0) is 6.54 Å². The summed E-state index contributed by atoms with van der Waals surface area (Å²) >= 11 is 0. The van der Waals surface area contributed by atoms with Crippen molar-refractivity contribution in [3.8, 4) is 16.9 Å². The second-order valence-corrected chi connectivity index (χ2v) is 5.64. The number of nitrogens with one attached hydrogen (secondary N) is 1. The summed E-state index contributed by atoms with van der Waals surface area (Å²) in [4.78, 5) is 2.52. The molecule has 1 aliphatic rings. The first kappa shape index (κ1) is 15.1. The van der Waals surface area contributed by atoms with Crippen molar-refractivity contribution >= 4 is 0 Å². The molecule has 0 radical (unpaired) electrons. The van der Waals surface area contributed by atoms with Gasteiger partial charge in [-0.2, -0.15) is 0 Å². The number of hydrogen-bond donors (Lipinski definition) is 1. The molecular formula is C19H24N2O. The van der Waals surface area contributed by atoms with Gasteiger partial charge in [-0.25, -0.2) is 0 Å². The first-order valence-corrected chi connectivity index (χ1v) is 8.11. The third-order valence-electron chi connectivity index (χ3n) is 4.08. The van der Waals surface area contributed by atoms with Crippen LogP contribution in [0.15, 0.2) is 48.5 Å². The lowest BCUT2D eigenvalue weighted by Gasteiger charge is -2.28. The molecule has 1 fully saturated rings. The van der Waals surface area contributed by atoms with Crippen LogP contribution in [0.25, 0.3) is 11.1 Å². The minimum Gasteiger partial charge on any atom is -0.494 e. The Balaban J connectivity index is 1.85. The standard InChI is InChI=1S/C19H24N2O/c1-2-22-18-8-5-7-16(14-18)19-9-4-3-6-17(19)15-21-12-10-20-11-13-21/h3-9,14,20H,2,10-13,15H2,1H3. The molecule has 0 unspecified atom stereocenters. The van der Waals surface area contributed by atoms with Crippen molar-refractivity contribution in [1.82, 2.24) is 10.2 Å². The maximum atomic E-state index is 5.64. The molecular weight excluding hydrogens is 272 g/mol. The fourth-order valence-electron chi connectivity index (χ4n) is 2.97. The lowest BCUT2D eigenvalue weighted by molar-refractivity contribution is 0.233. The summed E-state index contributed by atoms with van der Waals surface area (Å²) < 4.78 is 5.64. The first-order chi connectivity index (χ1) is 10.9. The van der Waals surface area contributed by atoms with Gasteiger partial charge in [0.25, 0.3) is 0 Å². The molecule has 0 saturated carbocycles. The second-order valence-electron chi connectivity index (χ2n) is 5.64. The smallest absolute Gasteiger partial charge is 0.119 e. The molecule has 1 aliphatic heterocycles. The number of benzene rings is 2. The lowest BCUT2D eigenvalue weighted by Crippen LogP contribution is -2.42. The molecule has 2 aromatic carbocycles. The van der Waals surface area contributed by atoms with Gasteiger partial charge >= 0.3 is 0 Å². The van der Waals surface area contributed by atoms with Crippen molar-refractivity contribution in [3.05, 3.63) is 54.1 Å². The highest BCUT2D eigenvalue weighted by atomic mass is 16.5. The van der Waals surface area contributed by atoms with Crippen LogP contribution in [0.1, 0.15) is 12.5 Å². The van der Waals surface area contributed by atoms with E-state index in [4.69, 9.17) is 4.74 Å². The van der Waals surface area contributed by atoms with E-state index in [1.165, 1.54) is 16.7 Å². The average molecular weight is 296 g/mol. The Bertz CT molecular complexity index is 606. The zero-order valence-electron chi connectivity index (χ0n) is 13.2. The predicted octanol–water partition coefficient (Wildman–Crippen LogP) is 3.16. The third-order valence-corrected chi connectivity index (χ3v) is 4.08. The van der Waals surface area contributed by atoms with Gasteiger partial charge in [0.15, 0.2) is 0 Å². The lowest BCUT2D eigenvalue weighted by atomic mass is 9.99. The van der Waals surface area contributed by atoms with Gasteiger partial charge in [0.05, 0.1) is 6.61 Å². The van der Waals surface area contributed by atoms with Crippen molar-refractivity contribution in [3.63, 3.8) is 0 Å². The Morgan fingerprint density at radius 3 is 2.68 bits per heavy atom. The Morgan fingerprint density at radius 2 is 1.86 bits per heavy atom. The number of ether oxygens (including phenoxy) is 1. The van der Waals surface area contributed by atoms with E-state index in [0.717, 1.165) is 38.5 Å². The normalized spacial score (nSPS) is 15.7. The minimum atomic E-state index is 0.700. The van der Waals surface area contributed by atoms with Crippen LogP contribution < -0.4 is 10.1 Å². The molecule has 22 heavy (non-hydrogen) atoms. The maximum absolute atomic E-state index is 5.64. The Hall–Kier alpha value is -1.84. The molecule has 0 spiro atoms. The maximum Gasteiger partial charge on any atom is 0.119 e. The van der Waals surface area contributed by atoms with E-state index in [1.807, 2.05) is 13.0 Å². The Labute approximate surface area is 132 Å². The molecule has 0 bridgehead atoms. The van der Waals surface area contributed by atoms with E-state index in [9.17, 15) is 0 Å². The van der Waals surface area contributed by atoms with E-state index in [0.29, 0.717) is 6.61 Å². The zero-order valence-corrected chi connectivity index (χ0v) is 13.2. The summed E-state index contributed by atoms with van der Waals surface area (Å²) in [5.74, 6) is 0.942. The van der Waals surface area contributed by atoms with Gasteiger partial charge in [0.2, 0.25) is 0 Å². The van der Waals surface area contributed by atoms with Crippen molar-refractivity contribution in [1.29, 1.82) is 0 Å². The van der Waals surface area contributed by atoms with Crippen molar-refractivity contribution < 1.29 is 4.74 Å². The van der Waals surface area contributed by atoms with E-state index in [-0.39, 0.29) is 0 Å². The molecule has 0 aliphatic carbocycles. The molecule has 1 N–H and O–H groups in total. The van der Waals surface area contributed by atoms with Gasteiger partial charge in [-0.15, -0.1) is 0 Å². The van der Waals surface area contributed by atoms with Gasteiger partial charge in [-0.3, -0.25) is 4.90 Å². The Kier molecular flexibility index (Phi) is 5.09. The summed E-state index contributed by atoms with van der Waals surface area (Å²) in [6.07, 6.45) is 0. The van der Waals surface area contributed by atoms with Crippen molar-refractivity contribution in [2.75, 3.05) is 32.8 Å². The molecule has 3 rings (SSSR count). The molecule has 2 aromatic rings. The number of hydrogen-bond acceptors (Lipinski definition) is 3. The predicted molar refractivity (Wildman–Crippen MR) is 91.2 cm³/mol. The zero-order chi connectivity index (χ0) is 15.2. The van der Waals surface area contributed by atoms with Gasteiger partial charge in [0.1, 0.15) is 5.75 Å². The molecule has 1 heterocycles. The van der Waals surface area contributed by atoms with E-state index >= 15 is 0 Å². The topological polar surface area (TPSA) is 24.5 Å². The van der Waals surface area contributed by atoms with Gasteiger partial charge in [-0.05, 0) is 35.7 Å². The van der Waals surface area contributed by atoms with Crippen molar-refractivity contribution in [2.24, 2.45) is 0 Å². The monoisotopic (exact) mass is 296 g/mol. The van der Waals surface area contributed by atoms with Crippen LogP contribution in [0.3, 0.4) is 0 Å². The molecule has 116 valence electrons. The second kappa shape index (κ2) is 7.43. The van der Waals surface area contributed by atoms with Crippen LogP contribution in [-0.4, -0.2) is 37.7 Å². The van der Waals surface area contributed by atoms with Gasteiger partial charge in [0, 0.05) is 32.7 Å². The van der Waals surface area contributed by atoms with Gasteiger partial charge < -0.3 is 10.1 Å². The summed E-state index contributed by atoms with van der Waals surface area (Å²) in [6.45, 7) is 8.14. The van der Waals surface area contributed by atoms with Crippen LogP contribution >= 0.6 is 0 Å². The van der Waals surface area contributed by atoms with Crippen LogP contribution in [0.2, 0.25) is 0 Å². The fourth-order valence-corrected chi connectivity index (χ4v) is 2.97. The molecule has 1 saturated heterocycles. The van der Waals surface area contributed by atoms with Gasteiger partial charge in [-0.1, -0.05) is 36.4 Å². The van der Waals surface area contributed by atoms with Crippen LogP contribution in [0, 0.1) is 0 Å². The SMILES string of the molecule is CCOc1cccc(-c2ccccc2CN2CCNCC2)c1. The van der Waals surface area contributed by atoms with Crippen molar-refractivity contribution in [2.45, 2.75) is 13.5 Å². The largest absolute Gasteiger partial charge is 0.494 e. The summed E-state index contributed by atoms with van der Waals surface area (Å²) in [5.41, 5.74) is 3.93. The third kappa shape index (κ3) is 3.67. The average Bonchev–Trinajstić information content (AvgIpc) is 2.57. The summed E-state index contributed by atoms with van der Waals surface area (Å²) in [5, 5.41) is 3.41. The summed E-state index contributed by atoms with van der Waals surface area (Å²) in [7, 11) is 0. The quantitative estimate of drug-likeness (QED) is 0.917. The minimum absolute atomic E-state index is 0.700. The first-order valence-electron chi connectivity index (χ1n) is 8.11. The highest BCUT2D eigenvalue weighted by Crippen LogP contribution is 2.28. The molecule has 0 atom stereocenters. The highest BCUT2D eigenvalue weighted by Gasteiger charge is 2.13. The van der Waals surface area contributed by atoms with E-state index in [2.05, 4.69) is 52.7 Å². The molecule has 0 amide bonds. The molecule has 3 heteroatoms. The van der Waals surface area contributed by atoms with Crippen LogP contribution in [0.4, 0.5) is 0 Å².